The zero-order chi connectivity index (χ0) is 20.6. The van der Waals surface area contributed by atoms with Gasteiger partial charge in [-0.2, -0.15) is 0 Å². The molecular formula is C22H27FN2O4. The Kier molecular flexibility index (Phi) is 7.43. The minimum atomic E-state index is -0.346. The summed E-state index contributed by atoms with van der Waals surface area (Å²) in [7, 11) is 0. The molecule has 0 spiro atoms. The fraction of sp³-hybridized carbons (Fsp3) is 0.409. The predicted molar refractivity (Wildman–Crippen MR) is 107 cm³/mol. The van der Waals surface area contributed by atoms with Crippen LogP contribution in [0.1, 0.15) is 12.0 Å². The number of hydrogen-bond acceptors (Lipinski definition) is 5. The highest BCUT2D eigenvalue weighted by atomic mass is 19.1. The van der Waals surface area contributed by atoms with Gasteiger partial charge < -0.3 is 20.3 Å². The van der Waals surface area contributed by atoms with E-state index in [1.807, 2.05) is 12.1 Å². The average Bonchev–Trinajstić information content (AvgIpc) is 2.72. The third-order valence-electron chi connectivity index (χ3n) is 5.02. The lowest BCUT2D eigenvalue weighted by Gasteiger charge is -2.37. The second-order valence-corrected chi connectivity index (χ2v) is 7.44. The number of carbonyl (C=O) groups is 1. The molecule has 29 heavy (non-hydrogen) atoms. The van der Waals surface area contributed by atoms with E-state index in [1.165, 1.54) is 12.1 Å². The highest BCUT2D eigenvalue weighted by Crippen LogP contribution is 2.25. The lowest BCUT2D eigenvalue weighted by molar-refractivity contribution is -0.128. The number of aromatic hydroxyl groups is 1. The number of nitrogens with one attached hydrogen (secondary N) is 1. The van der Waals surface area contributed by atoms with E-state index in [-0.39, 0.29) is 42.5 Å². The van der Waals surface area contributed by atoms with Gasteiger partial charge in [-0.1, -0.05) is 18.2 Å². The standard InChI is InChI=1S/C22H27FN2O4/c23-19-2-1-3-21(11-19)29-15-17-10-18(22(28)24-8-9-26)14-25(13-17)12-16-4-6-20(27)7-5-16/h1-7,11,17-18,26-27H,8-10,12-15H2,(H,24,28)/t17-,18+/m0/s1. The Balaban J connectivity index is 1.65. The van der Waals surface area contributed by atoms with Gasteiger partial charge in [0, 0.05) is 38.2 Å². The Hall–Kier alpha value is -2.64. The van der Waals surface area contributed by atoms with Gasteiger partial charge in [-0.05, 0) is 36.2 Å². The number of phenolic OH excluding ortho intramolecular Hbond substituents is 1. The van der Waals surface area contributed by atoms with Gasteiger partial charge in [-0.25, -0.2) is 4.39 Å². The molecule has 7 heteroatoms. The molecule has 156 valence electrons. The van der Waals surface area contributed by atoms with Gasteiger partial charge in [0.25, 0.3) is 0 Å². The van der Waals surface area contributed by atoms with Crippen molar-refractivity contribution in [2.24, 2.45) is 11.8 Å². The normalized spacial score (nSPS) is 19.7. The zero-order valence-corrected chi connectivity index (χ0v) is 16.3. The van der Waals surface area contributed by atoms with E-state index >= 15 is 0 Å². The lowest BCUT2D eigenvalue weighted by Crippen LogP contribution is -2.47. The average molecular weight is 402 g/mol. The smallest absolute Gasteiger partial charge is 0.224 e. The first kappa shape index (κ1) is 21.1. The third-order valence-corrected chi connectivity index (χ3v) is 5.02. The van der Waals surface area contributed by atoms with Crippen LogP contribution in [-0.2, 0) is 11.3 Å². The van der Waals surface area contributed by atoms with Crippen molar-refractivity contribution in [3.8, 4) is 11.5 Å². The van der Waals surface area contributed by atoms with E-state index in [9.17, 15) is 14.3 Å². The number of benzene rings is 2. The van der Waals surface area contributed by atoms with Gasteiger partial charge in [0.15, 0.2) is 0 Å². The number of carbonyl (C=O) groups excluding carboxylic acids is 1. The van der Waals surface area contributed by atoms with Crippen molar-refractivity contribution in [2.45, 2.75) is 13.0 Å². The molecule has 1 saturated heterocycles. The second kappa shape index (κ2) is 10.2. The number of piperidine rings is 1. The number of aliphatic hydroxyl groups is 1. The van der Waals surface area contributed by atoms with Gasteiger partial charge >= 0.3 is 0 Å². The van der Waals surface area contributed by atoms with Crippen LogP contribution >= 0.6 is 0 Å². The molecule has 1 aliphatic rings. The molecule has 1 aliphatic heterocycles. The fourth-order valence-electron chi connectivity index (χ4n) is 3.70. The second-order valence-electron chi connectivity index (χ2n) is 7.44. The van der Waals surface area contributed by atoms with Crippen molar-refractivity contribution >= 4 is 5.91 Å². The summed E-state index contributed by atoms with van der Waals surface area (Å²) in [6.07, 6.45) is 0.665. The molecule has 3 rings (SSSR count). The molecule has 6 nitrogen and oxygen atoms in total. The lowest BCUT2D eigenvalue weighted by atomic mass is 9.88. The monoisotopic (exact) mass is 402 g/mol. The summed E-state index contributed by atoms with van der Waals surface area (Å²) >= 11 is 0. The molecule has 2 atom stereocenters. The largest absolute Gasteiger partial charge is 0.508 e. The van der Waals surface area contributed by atoms with Crippen molar-refractivity contribution in [2.75, 3.05) is 32.8 Å². The van der Waals surface area contributed by atoms with Gasteiger partial charge in [-0.3, -0.25) is 9.69 Å². The molecule has 2 aromatic rings. The molecule has 2 aromatic carbocycles. The van der Waals surface area contributed by atoms with E-state index in [4.69, 9.17) is 9.84 Å². The van der Waals surface area contributed by atoms with E-state index < -0.39 is 0 Å². The summed E-state index contributed by atoms with van der Waals surface area (Å²) in [5.41, 5.74) is 1.05. The number of phenols is 1. The minimum Gasteiger partial charge on any atom is -0.508 e. The van der Waals surface area contributed by atoms with E-state index in [0.717, 1.165) is 12.1 Å². The summed E-state index contributed by atoms with van der Waals surface area (Å²) < 4.78 is 19.2. The van der Waals surface area contributed by atoms with Crippen LogP contribution in [0.5, 0.6) is 11.5 Å². The molecule has 0 bridgehead atoms. The number of aliphatic hydroxyl groups excluding tert-OH is 1. The van der Waals surface area contributed by atoms with Gasteiger partial charge in [-0.15, -0.1) is 0 Å². The quantitative estimate of drug-likeness (QED) is 0.630. The van der Waals surface area contributed by atoms with Gasteiger partial charge in [0.1, 0.15) is 17.3 Å². The van der Waals surface area contributed by atoms with Crippen LogP contribution in [0, 0.1) is 17.7 Å². The first-order valence-electron chi connectivity index (χ1n) is 9.80. The van der Waals surface area contributed by atoms with Gasteiger partial charge in [0.2, 0.25) is 5.91 Å². The third kappa shape index (κ3) is 6.44. The molecule has 0 aromatic heterocycles. The zero-order valence-electron chi connectivity index (χ0n) is 16.3. The highest BCUT2D eigenvalue weighted by Gasteiger charge is 2.32. The Morgan fingerprint density at radius 3 is 2.72 bits per heavy atom. The van der Waals surface area contributed by atoms with Crippen LogP contribution in [0.4, 0.5) is 4.39 Å². The van der Waals surface area contributed by atoms with E-state index in [1.54, 1.807) is 24.3 Å². The van der Waals surface area contributed by atoms with Crippen molar-refractivity contribution in [1.29, 1.82) is 0 Å². The maximum absolute atomic E-state index is 13.4. The highest BCUT2D eigenvalue weighted by molar-refractivity contribution is 5.79. The topological polar surface area (TPSA) is 82.0 Å². The summed E-state index contributed by atoms with van der Waals surface area (Å²) in [4.78, 5) is 14.7. The maximum atomic E-state index is 13.4. The molecular weight excluding hydrogens is 375 g/mol. The number of amides is 1. The van der Waals surface area contributed by atoms with Crippen molar-refractivity contribution in [1.82, 2.24) is 10.2 Å². The molecule has 0 unspecified atom stereocenters. The summed E-state index contributed by atoms with van der Waals surface area (Å²) in [5.74, 6) is 0.158. The van der Waals surface area contributed by atoms with Crippen LogP contribution in [-0.4, -0.2) is 53.9 Å². The molecule has 0 saturated carbocycles. The number of rotatable bonds is 8. The molecule has 0 radical (unpaired) electrons. The Morgan fingerprint density at radius 1 is 1.21 bits per heavy atom. The molecule has 0 aliphatic carbocycles. The Labute approximate surface area is 169 Å². The van der Waals surface area contributed by atoms with Crippen LogP contribution in [0.15, 0.2) is 48.5 Å². The molecule has 3 N–H and O–H groups in total. The molecule has 1 fully saturated rings. The number of ether oxygens (including phenoxy) is 1. The summed E-state index contributed by atoms with van der Waals surface area (Å²) in [6.45, 7) is 2.54. The van der Waals surface area contributed by atoms with Crippen LogP contribution < -0.4 is 10.1 Å². The van der Waals surface area contributed by atoms with Crippen LogP contribution in [0.2, 0.25) is 0 Å². The Bertz CT molecular complexity index is 800. The predicted octanol–water partition coefficient (Wildman–Crippen LogP) is 2.16. The minimum absolute atomic E-state index is 0.0785. The first-order chi connectivity index (χ1) is 14.0. The van der Waals surface area contributed by atoms with Crippen molar-refractivity contribution < 1.29 is 24.1 Å². The number of nitrogens with zero attached hydrogens (tertiary/aromatic N) is 1. The number of halogens is 1. The Morgan fingerprint density at radius 2 is 2.00 bits per heavy atom. The summed E-state index contributed by atoms with van der Waals surface area (Å²) in [5, 5.41) is 21.2. The SMILES string of the molecule is O=C(NCCO)[C@@H]1C[C@H](COc2cccc(F)c2)CN(Cc2ccc(O)cc2)C1. The van der Waals surface area contributed by atoms with Crippen LogP contribution in [0.25, 0.3) is 0 Å². The summed E-state index contributed by atoms with van der Waals surface area (Å²) in [6, 6.07) is 13.1. The van der Waals surface area contributed by atoms with Gasteiger partial charge in [0.05, 0.1) is 19.1 Å². The molecule has 1 amide bonds. The van der Waals surface area contributed by atoms with Crippen LogP contribution in [0.3, 0.4) is 0 Å². The van der Waals surface area contributed by atoms with Crippen molar-refractivity contribution in [3.63, 3.8) is 0 Å². The van der Waals surface area contributed by atoms with E-state index in [0.29, 0.717) is 31.9 Å². The number of likely N-dealkylation sites (tertiary alicyclic amines) is 1. The first-order valence-corrected chi connectivity index (χ1v) is 9.80. The van der Waals surface area contributed by atoms with E-state index in [2.05, 4.69) is 10.2 Å². The molecule has 1 heterocycles. The van der Waals surface area contributed by atoms with Crippen molar-refractivity contribution in [3.05, 3.63) is 59.9 Å². The fourth-order valence-corrected chi connectivity index (χ4v) is 3.70. The number of hydrogen-bond donors (Lipinski definition) is 3. The maximum Gasteiger partial charge on any atom is 0.224 e.